The van der Waals surface area contributed by atoms with Gasteiger partial charge in [0.05, 0.1) is 5.92 Å². The molecule has 1 aromatic carbocycles. The molecule has 0 bridgehead atoms. The fraction of sp³-hybridized carbons (Fsp3) is 0.417. The molecule has 1 heterocycles. The summed E-state index contributed by atoms with van der Waals surface area (Å²) in [6.45, 7) is 2.03. The van der Waals surface area contributed by atoms with Crippen molar-refractivity contribution in [3.8, 4) is 0 Å². The summed E-state index contributed by atoms with van der Waals surface area (Å²) in [6, 6.07) is 7.79. The van der Waals surface area contributed by atoms with Crippen LogP contribution in [0.2, 0.25) is 0 Å². The van der Waals surface area contributed by atoms with Crippen molar-refractivity contribution in [3.05, 3.63) is 34.3 Å². The van der Waals surface area contributed by atoms with Crippen molar-refractivity contribution in [2.24, 2.45) is 5.92 Å². The van der Waals surface area contributed by atoms with Crippen molar-refractivity contribution in [2.75, 3.05) is 13.1 Å². The molecular weight excluding hydrogens is 270 g/mol. The highest BCUT2D eigenvalue weighted by molar-refractivity contribution is 9.10. The van der Waals surface area contributed by atoms with E-state index in [-0.39, 0.29) is 11.9 Å². The maximum atomic E-state index is 11.6. The van der Waals surface area contributed by atoms with Gasteiger partial charge >= 0.3 is 5.97 Å². The van der Waals surface area contributed by atoms with Gasteiger partial charge in [-0.3, -0.25) is 4.79 Å². The molecule has 1 aliphatic heterocycles. The van der Waals surface area contributed by atoms with Gasteiger partial charge in [0.15, 0.2) is 0 Å². The highest BCUT2D eigenvalue weighted by atomic mass is 79.9. The Labute approximate surface area is 103 Å². The summed E-state index contributed by atoms with van der Waals surface area (Å²) >= 11 is 3.36. The molecule has 1 aromatic rings. The summed E-state index contributed by atoms with van der Waals surface area (Å²) in [6.07, 6.45) is 0.888. The summed E-state index contributed by atoms with van der Waals surface area (Å²) in [7, 11) is 0. The van der Waals surface area contributed by atoms with Crippen LogP contribution in [0, 0.1) is 5.92 Å². The predicted octanol–water partition coefficient (Wildman–Crippen LogP) is 2.10. The van der Waals surface area contributed by atoms with Crippen molar-refractivity contribution in [1.29, 1.82) is 0 Å². The number of carbonyl (C=O) groups excluding carboxylic acids is 1. The molecule has 16 heavy (non-hydrogen) atoms. The number of hydrogen-bond donors (Lipinski definition) is 1. The molecular formula is C12H14BrNO2. The zero-order valence-corrected chi connectivity index (χ0v) is 10.5. The van der Waals surface area contributed by atoms with Gasteiger partial charge in [-0.2, -0.15) is 0 Å². The Morgan fingerprint density at radius 3 is 2.81 bits per heavy atom. The van der Waals surface area contributed by atoms with Crippen molar-refractivity contribution in [1.82, 2.24) is 5.32 Å². The van der Waals surface area contributed by atoms with Crippen LogP contribution in [0.4, 0.5) is 0 Å². The summed E-state index contributed by atoms with van der Waals surface area (Å²) in [5.41, 5.74) is 1.02. The molecule has 3 nitrogen and oxygen atoms in total. The Balaban J connectivity index is 1.82. The van der Waals surface area contributed by atoms with Gasteiger partial charge in [-0.1, -0.05) is 28.1 Å². The molecule has 1 atom stereocenters. The van der Waals surface area contributed by atoms with Crippen LogP contribution in [-0.4, -0.2) is 19.1 Å². The first-order valence-electron chi connectivity index (χ1n) is 5.37. The minimum Gasteiger partial charge on any atom is -0.461 e. The van der Waals surface area contributed by atoms with Crippen LogP contribution in [0.15, 0.2) is 28.7 Å². The summed E-state index contributed by atoms with van der Waals surface area (Å²) in [5, 5.41) is 3.15. The molecule has 0 aliphatic carbocycles. The van der Waals surface area contributed by atoms with Crippen molar-refractivity contribution >= 4 is 21.9 Å². The Bertz CT molecular complexity index is 358. The van der Waals surface area contributed by atoms with E-state index in [2.05, 4.69) is 21.2 Å². The topological polar surface area (TPSA) is 38.3 Å². The molecule has 4 heteroatoms. The summed E-state index contributed by atoms with van der Waals surface area (Å²) in [4.78, 5) is 11.6. The van der Waals surface area contributed by atoms with E-state index in [4.69, 9.17) is 4.74 Å². The molecule has 1 aliphatic rings. The van der Waals surface area contributed by atoms with Crippen LogP contribution in [-0.2, 0) is 16.1 Å². The first-order valence-corrected chi connectivity index (χ1v) is 6.17. The van der Waals surface area contributed by atoms with Crippen LogP contribution < -0.4 is 5.32 Å². The minimum atomic E-state index is -0.0899. The molecule has 0 saturated carbocycles. The van der Waals surface area contributed by atoms with E-state index in [9.17, 15) is 4.79 Å². The van der Waals surface area contributed by atoms with Crippen molar-refractivity contribution in [3.63, 3.8) is 0 Å². The van der Waals surface area contributed by atoms with Crippen molar-refractivity contribution < 1.29 is 9.53 Å². The number of esters is 1. The van der Waals surface area contributed by atoms with Crippen molar-refractivity contribution in [2.45, 2.75) is 13.0 Å². The number of halogens is 1. The van der Waals surface area contributed by atoms with E-state index >= 15 is 0 Å². The van der Waals surface area contributed by atoms with E-state index in [1.54, 1.807) is 0 Å². The standard InChI is InChI=1S/C12H14BrNO2/c13-11-3-1-9(2-4-11)8-16-12(15)10-5-6-14-7-10/h1-4,10,14H,5-8H2. The minimum absolute atomic E-state index is 0.0375. The molecule has 1 unspecified atom stereocenters. The molecule has 1 N–H and O–H groups in total. The molecule has 0 spiro atoms. The average molecular weight is 284 g/mol. The van der Waals surface area contributed by atoms with E-state index in [1.807, 2.05) is 24.3 Å². The number of nitrogens with one attached hydrogen (secondary N) is 1. The van der Waals surface area contributed by atoms with Crippen LogP contribution in [0.1, 0.15) is 12.0 Å². The van der Waals surface area contributed by atoms with Crippen LogP contribution in [0.25, 0.3) is 0 Å². The van der Waals surface area contributed by atoms with Crippen LogP contribution in [0.5, 0.6) is 0 Å². The Morgan fingerprint density at radius 2 is 2.19 bits per heavy atom. The predicted molar refractivity (Wildman–Crippen MR) is 64.9 cm³/mol. The second kappa shape index (κ2) is 5.46. The lowest BCUT2D eigenvalue weighted by Gasteiger charge is -2.09. The second-order valence-electron chi connectivity index (χ2n) is 3.92. The van der Waals surface area contributed by atoms with E-state index in [1.165, 1.54) is 0 Å². The number of carbonyl (C=O) groups is 1. The fourth-order valence-corrected chi connectivity index (χ4v) is 1.97. The van der Waals surface area contributed by atoms with Gasteiger partial charge in [0.25, 0.3) is 0 Å². The highest BCUT2D eigenvalue weighted by Gasteiger charge is 2.23. The molecule has 86 valence electrons. The van der Waals surface area contributed by atoms with Gasteiger partial charge in [-0.25, -0.2) is 0 Å². The van der Waals surface area contributed by atoms with E-state index in [0.717, 1.165) is 29.5 Å². The molecule has 0 amide bonds. The van der Waals surface area contributed by atoms with Gasteiger partial charge in [0.1, 0.15) is 6.61 Å². The third kappa shape index (κ3) is 3.06. The molecule has 1 saturated heterocycles. The maximum Gasteiger partial charge on any atom is 0.310 e. The SMILES string of the molecule is O=C(OCc1ccc(Br)cc1)C1CCNC1. The molecule has 0 aromatic heterocycles. The largest absolute Gasteiger partial charge is 0.461 e. The van der Waals surface area contributed by atoms with Crippen LogP contribution >= 0.6 is 15.9 Å². The van der Waals surface area contributed by atoms with Gasteiger partial charge < -0.3 is 10.1 Å². The Kier molecular flexibility index (Phi) is 3.96. The number of ether oxygens (including phenoxy) is 1. The third-order valence-electron chi connectivity index (χ3n) is 2.69. The van der Waals surface area contributed by atoms with E-state index in [0.29, 0.717) is 6.61 Å². The lowest BCUT2D eigenvalue weighted by Crippen LogP contribution is -2.20. The number of rotatable bonds is 3. The molecule has 0 radical (unpaired) electrons. The van der Waals surface area contributed by atoms with Gasteiger partial charge in [-0.15, -0.1) is 0 Å². The summed E-state index contributed by atoms with van der Waals surface area (Å²) in [5.74, 6) is -0.0524. The lowest BCUT2D eigenvalue weighted by atomic mass is 10.1. The Morgan fingerprint density at radius 1 is 1.44 bits per heavy atom. The zero-order valence-electron chi connectivity index (χ0n) is 8.91. The average Bonchev–Trinajstić information content (AvgIpc) is 2.81. The number of hydrogen-bond acceptors (Lipinski definition) is 3. The lowest BCUT2D eigenvalue weighted by molar-refractivity contribution is -0.149. The van der Waals surface area contributed by atoms with Gasteiger partial charge in [0.2, 0.25) is 0 Å². The molecule has 2 rings (SSSR count). The highest BCUT2D eigenvalue weighted by Crippen LogP contribution is 2.13. The van der Waals surface area contributed by atoms with E-state index < -0.39 is 0 Å². The zero-order chi connectivity index (χ0) is 11.4. The fourth-order valence-electron chi connectivity index (χ4n) is 1.71. The van der Waals surface area contributed by atoms with Crippen LogP contribution in [0.3, 0.4) is 0 Å². The van der Waals surface area contributed by atoms with Gasteiger partial charge in [0, 0.05) is 11.0 Å². The first-order chi connectivity index (χ1) is 7.75. The van der Waals surface area contributed by atoms with Gasteiger partial charge in [-0.05, 0) is 30.7 Å². The third-order valence-corrected chi connectivity index (χ3v) is 3.22. The monoisotopic (exact) mass is 283 g/mol. The number of benzene rings is 1. The normalized spacial score (nSPS) is 19.7. The quantitative estimate of drug-likeness (QED) is 0.864. The Hall–Kier alpha value is -0.870. The first kappa shape index (κ1) is 11.6. The maximum absolute atomic E-state index is 11.6. The second-order valence-corrected chi connectivity index (χ2v) is 4.84. The smallest absolute Gasteiger partial charge is 0.310 e. The molecule has 1 fully saturated rings. The summed E-state index contributed by atoms with van der Waals surface area (Å²) < 4.78 is 6.29.